The summed E-state index contributed by atoms with van der Waals surface area (Å²) in [6.45, 7) is 10.6. The average molecular weight is 931 g/mol. The Morgan fingerprint density at radius 3 is 1.89 bits per heavy atom. The molecule has 1 rings (SSSR count). The van der Waals surface area contributed by atoms with Crippen molar-refractivity contribution in [2.24, 2.45) is 5.41 Å². The van der Waals surface area contributed by atoms with E-state index in [1.807, 2.05) is 32.1 Å². The number of hydrogen-bond acceptors (Lipinski definition) is 12. The topological polar surface area (TPSA) is 178 Å². The molecule has 14 heteroatoms. The molecule has 12 nitrogen and oxygen atoms in total. The molecule has 0 saturated carbocycles. The Bertz CT molecular complexity index is 1500. The van der Waals surface area contributed by atoms with E-state index in [9.17, 15) is 28.9 Å². The molecule has 0 bridgehead atoms. The summed E-state index contributed by atoms with van der Waals surface area (Å²) in [5.41, 5.74) is 4.91. The molecule has 1 aliphatic carbocycles. The van der Waals surface area contributed by atoms with Crippen LogP contribution in [0.5, 0.6) is 0 Å². The molecule has 3 atom stereocenters. The fourth-order valence-corrected chi connectivity index (χ4v) is 8.11. The van der Waals surface area contributed by atoms with E-state index in [1.54, 1.807) is 0 Å². The third-order valence-electron chi connectivity index (χ3n) is 11.2. The van der Waals surface area contributed by atoms with Crippen molar-refractivity contribution in [3.8, 4) is 0 Å². The number of allylic oxidation sites excluding steroid dienone is 9. The average Bonchev–Trinajstić information content (AvgIpc) is 3.23. The first-order valence-corrected chi connectivity index (χ1v) is 25.4. The first kappa shape index (κ1) is 62.1. The first-order chi connectivity index (χ1) is 30.1. The van der Waals surface area contributed by atoms with Gasteiger partial charge in [-0.3, -0.25) is 14.2 Å². The van der Waals surface area contributed by atoms with Crippen LogP contribution in [0.4, 0.5) is 0 Å². The molecular formula is C50H84NaO12P. The fourth-order valence-electron chi connectivity index (χ4n) is 7.33. The molecule has 0 aromatic carbocycles. The molecule has 1 aliphatic rings. The molecule has 0 fully saturated rings. The predicted molar refractivity (Wildman–Crippen MR) is 249 cm³/mol. The van der Waals surface area contributed by atoms with Crippen LogP contribution in [-0.4, -0.2) is 73.4 Å². The van der Waals surface area contributed by atoms with E-state index in [0.717, 1.165) is 36.8 Å². The zero-order valence-electron chi connectivity index (χ0n) is 40.8. The second-order valence-corrected chi connectivity index (χ2v) is 19.2. The number of aliphatic hydroxyl groups is 2. The van der Waals surface area contributed by atoms with E-state index in [-0.39, 0.29) is 54.4 Å². The van der Waals surface area contributed by atoms with Gasteiger partial charge < -0.3 is 38.4 Å². The molecule has 64 heavy (non-hydrogen) atoms. The number of rotatable bonds is 37. The smallest absolute Gasteiger partial charge is 0.756 e. The number of aliphatic hydroxyl groups excluding tert-OH is 2. The third kappa shape index (κ3) is 33.6. The molecule has 362 valence electrons. The monoisotopic (exact) mass is 931 g/mol. The minimum absolute atomic E-state index is 0. The number of phosphoric acid groups is 1. The number of carbonyl (C=O) groups excluding carboxylic acids is 3. The number of carbonyl (C=O) groups is 3. The fraction of sp³-hybridized carbons (Fsp3) is 0.740. The second kappa shape index (κ2) is 38.1. The quantitative estimate of drug-likeness (QED) is 0.0116. The molecule has 0 saturated heterocycles. The van der Waals surface area contributed by atoms with Crippen LogP contribution in [0.15, 0.2) is 58.7 Å². The summed E-state index contributed by atoms with van der Waals surface area (Å²) >= 11 is 0. The van der Waals surface area contributed by atoms with E-state index in [1.165, 1.54) is 101 Å². The number of phosphoric ester groups is 1. The van der Waals surface area contributed by atoms with Crippen LogP contribution >= 0.6 is 7.82 Å². The minimum atomic E-state index is -4.93. The van der Waals surface area contributed by atoms with Gasteiger partial charge in [0.15, 0.2) is 6.10 Å². The van der Waals surface area contributed by atoms with Gasteiger partial charge in [0.1, 0.15) is 12.7 Å². The van der Waals surface area contributed by atoms with Gasteiger partial charge in [0.25, 0.3) is 7.82 Å². The molecule has 0 aromatic rings. The normalized spacial score (nSPS) is 16.4. The molecular weight excluding hydrogens is 847 g/mol. The van der Waals surface area contributed by atoms with Crippen LogP contribution in [0.1, 0.15) is 189 Å². The van der Waals surface area contributed by atoms with E-state index < -0.39 is 64.4 Å². The molecule has 0 heterocycles. The van der Waals surface area contributed by atoms with Gasteiger partial charge in [-0.25, -0.2) is 4.79 Å². The van der Waals surface area contributed by atoms with Gasteiger partial charge in [0.05, 0.1) is 26.4 Å². The summed E-state index contributed by atoms with van der Waals surface area (Å²) in [6, 6.07) is 0. The molecule has 1 unspecified atom stereocenters. The first-order valence-electron chi connectivity index (χ1n) is 23.9. The summed E-state index contributed by atoms with van der Waals surface area (Å²) < 4.78 is 37.7. The molecule has 0 aliphatic heterocycles. The summed E-state index contributed by atoms with van der Waals surface area (Å²) in [4.78, 5) is 49.7. The summed E-state index contributed by atoms with van der Waals surface area (Å²) in [5.74, 6) is -1.59. The Kier molecular flexibility index (Phi) is 37.0. The van der Waals surface area contributed by atoms with Gasteiger partial charge in [0, 0.05) is 18.9 Å². The van der Waals surface area contributed by atoms with Gasteiger partial charge >= 0.3 is 47.5 Å². The van der Waals surface area contributed by atoms with Crippen LogP contribution in [-0.2, 0) is 42.2 Å². The number of unbranched alkanes of at least 4 members (excludes halogenated alkanes) is 16. The summed E-state index contributed by atoms with van der Waals surface area (Å²) in [5, 5.41) is 18.3. The maximum absolute atomic E-state index is 12.7. The van der Waals surface area contributed by atoms with Crippen LogP contribution in [0.3, 0.4) is 0 Å². The zero-order chi connectivity index (χ0) is 46.8. The van der Waals surface area contributed by atoms with Crippen molar-refractivity contribution in [2.75, 3.05) is 33.0 Å². The van der Waals surface area contributed by atoms with Crippen LogP contribution in [0.2, 0.25) is 0 Å². The van der Waals surface area contributed by atoms with Crippen molar-refractivity contribution >= 4 is 25.7 Å². The van der Waals surface area contributed by atoms with Crippen molar-refractivity contribution in [1.82, 2.24) is 0 Å². The van der Waals surface area contributed by atoms with E-state index in [4.69, 9.17) is 23.8 Å². The van der Waals surface area contributed by atoms with Crippen molar-refractivity contribution < 1.29 is 86.9 Å². The minimum Gasteiger partial charge on any atom is -0.756 e. The Balaban J connectivity index is 0.0000397. The number of hydrogen-bond donors (Lipinski definition) is 2. The Hall–Kier alpha value is -1.86. The van der Waals surface area contributed by atoms with E-state index in [0.29, 0.717) is 25.7 Å². The van der Waals surface area contributed by atoms with Gasteiger partial charge in [-0.1, -0.05) is 152 Å². The number of esters is 3. The Labute approximate surface area is 409 Å². The maximum Gasteiger partial charge on any atom is 1.00 e. The number of ether oxygens (including phenoxy) is 3. The summed E-state index contributed by atoms with van der Waals surface area (Å²) in [7, 11) is -4.93. The van der Waals surface area contributed by atoms with Gasteiger partial charge in [0.2, 0.25) is 0 Å². The van der Waals surface area contributed by atoms with Gasteiger partial charge in [-0.05, 0) is 82.3 Å². The maximum atomic E-state index is 12.7. The van der Waals surface area contributed by atoms with Crippen LogP contribution < -0.4 is 34.5 Å². The standard InChI is InChI=1S/C50H85O12P.Na/c1-7-8-9-10-11-12-13-14-15-16-17-18-19-20-22-30-47(53)59-39-45(40-61-63(56,57)60-38-44(52)37-51)62-48(54)31-23-21-24-35-58-49(55)36-42(3)28-25-27-41(2)32-33-46-43(4)29-26-34-50(46,5)6;/h25,27-28,32-33,36,44-45,51-52H,7-24,26,29-31,34-35,37-40H2,1-6H3,(H,56,57);/q;+1/p-1/b28-25+,33-32+,41-27+,42-36+;/t44-,45+;/m0./s1. The second-order valence-electron chi connectivity index (χ2n) is 17.8. The van der Waals surface area contributed by atoms with Crippen molar-refractivity contribution in [3.05, 3.63) is 58.7 Å². The molecule has 0 aromatic heterocycles. The Morgan fingerprint density at radius 1 is 0.766 bits per heavy atom. The third-order valence-corrected chi connectivity index (χ3v) is 12.1. The summed E-state index contributed by atoms with van der Waals surface area (Å²) in [6.07, 6.45) is 32.2. The van der Waals surface area contributed by atoms with E-state index in [2.05, 4.69) is 44.4 Å². The van der Waals surface area contributed by atoms with Gasteiger partial charge in [-0.2, -0.15) is 0 Å². The molecule has 0 spiro atoms. The van der Waals surface area contributed by atoms with Crippen molar-refractivity contribution in [3.63, 3.8) is 0 Å². The van der Waals surface area contributed by atoms with Crippen LogP contribution in [0.25, 0.3) is 0 Å². The van der Waals surface area contributed by atoms with Crippen molar-refractivity contribution in [1.29, 1.82) is 0 Å². The van der Waals surface area contributed by atoms with Gasteiger partial charge in [-0.15, -0.1) is 0 Å². The molecule has 0 amide bonds. The molecule has 2 N–H and O–H groups in total. The zero-order valence-corrected chi connectivity index (χ0v) is 43.7. The SMILES string of the molecule is CCCCCCCCCCCCCCCCCC(=O)OC[C@H](COP(=O)([O-])OC[C@@H](O)CO)OC(=O)CCCCCOC(=O)/C=C(C)/C=C/C=C(C)/C=C/C1=C(C)CCCC1(C)C.[Na+]. The largest absolute Gasteiger partial charge is 1.00 e. The van der Waals surface area contributed by atoms with Crippen LogP contribution in [0, 0.1) is 5.41 Å². The molecule has 0 radical (unpaired) electrons. The Morgan fingerprint density at radius 2 is 1.31 bits per heavy atom. The van der Waals surface area contributed by atoms with Crippen molar-refractivity contribution in [2.45, 2.75) is 201 Å². The predicted octanol–water partition coefficient (Wildman–Crippen LogP) is 8.20. The van der Waals surface area contributed by atoms with E-state index >= 15 is 0 Å².